The van der Waals surface area contributed by atoms with Gasteiger partial charge >= 0.3 is 0 Å². The Morgan fingerprint density at radius 3 is 2.86 bits per heavy atom. The van der Waals surface area contributed by atoms with Gasteiger partial charge in [0.05, 0.1) is 4.88 Å². The van der Waals surface area contributed by atoms with E-state index in [0.29, 0.717) is 24.8 Å². The third kappa shape index (κ3) is 3.64. The first-order valence-corrected chi connectivity index (χ1v) is 8.79. The summed E-state index contributed by atoms with van der Waals surface area (Å²) in [6, 6.07) is 3.65. The predicted octanol–water partition coefficient (Wildman–Crippen LogP) is 3.29. The number of ether oxygens (including phenoxy) is 1. The van der Waals surface area contributed by atoms with Gasteiger partial charge in [0.2, 0.25) is 5.88 Å². The van der Waals surface area contributed by atoms with Crippen molar-refractivity contribution >= 4 is 33.2 Å². The molecule has 0 saturated carbocycles. The van der Waals surface area contributed by atoms with Gasteiger partial charge in [0.1, 0.15) is 11.9 Å². The number of aromatic nitrogens is 2. The lowest BCUT2D eigenvalue weighted by Crippen LogP contribution is -2.41. The van der Waals surface area contributed by atoms with Crippen molar-refractivity contribution < 1.29 is 9.53 Å². The van der Waals surface area contributed by atoms with Crippen LogP contribution in [0.15, 0.2) is 28.2 Å². The zero-order chi connectivity index (χ0) is 15.5. The van der Waals surface area contributed by atoms with Crippen LogP contribution in [0, 0.1) is 6.92 Å². The molecule has 0 unspecified atom stereocenters. The average molecular weight is 382 g/mol. The molecular formula is C15H16BrN3O2S. The van der Waals surface area contributed by atoms with Gasteiger partial charge < -0.3 is 9.64 Å². The van der Waals surface area contributed by atoms with Crippen LogP contribution in [-0.2, 0) is 0 Å². The minimum atomic E-state index is 0.104. The van der Waals surface area contributed by atoms with E-state index in [1.165, 1.54) is 11.3 Å². The first-order valence-electron chi connectivity index (χ1n) is 7.11. The first-order chi connectivity index (χ1) is 10.6. The van der Waals surface area contributed by atoms with Crippen LogP contribution in [0.5, 0.6) is 5.88 Å². The molecule has 7 heteroatoms. The Hall–Kier alpha value is -1.47. The minimum absolute atomic E-state index is 0.104. The number of aryl methyl sites for hydroxylation is 1. The van der Waals surface area contributed by atoms with Gasteiger partial charge in [-0.15, -0.1) is 11.3 Å². The molecule has 0 aromatic carbocycles. The molecule has 1 amide bonds. The van der Waals surface area contributed by atoms with Gasteiger partial charge in [0.15, 0.2) is 0 Å². The highest BCUT2D eigenvalue weighted by molar-refractivity contribution is 9.10. The molecule has 1 aliphatic rings. The third-order valence-corrected chi connectivity index (χ3v) is 5.22. The van der Waals surface area contributed by atoms with Gasteiger partial charge in [-0.05, 0) is 28.9 Å². The smallest absolute Gasteiger partial charge is 0.263 e. The Kier molecular flexibility index (Phi) is 4.73. The quantitative estimate of drug-likeness (QED) is 0.818. The summed E-state index contributed by atoms with van der Waals surface area (Å²) in [6.45, 7) is 3.26. The molecule has 22 heavy (non-hydrogen) atoms. The molecule has 2 aromatic rings. The molecule has 3 rings (SSSR count). The topological polar surface area (TPSA) is 55.3 Å². The van der Waals surface area contributed by atoms with Crippen molar-refractivity contribution in [1.29, 1.82) is 0 Å². The molecule has 5 nitrogen and oxygen atoms in total. The van der Waals surface area contributed by atoms with Crippen LogP contribution in [0.25, 0.3) is 0 Å². The van der Waals surface area contributed by atoms with Crippen LogP contribution >= 0.6 is 27.3 Å². The predicted molar refractivity (Wildman–Crippen MR) is 88.3 cm³/mol. The van der Waals surface area contributed by atoms with Crippen molar-refractivity contribution in [3.8, 4) is 5.88 Å². The Labute approximate surface area is 141 Å². The Morgan fingerprint density at radius 1 is 1.45 bits per heavy atom. The van der Waals surface area contributed by atoms with Crippen LogP contribution in [0.3, 0.4) is 0 Å². The lowest BCUT2D eigenvalue weighted by atomic mass is 10.1. The van der Waals surface area contributed by atoms with Crippen LogP contribution in [0.2, 0.25) is 0 Å². The van der Waals surface area contributed by atoms with Crippen LogP contribution < -0.4 is 4.74 Å². The van der Waals surface area contributed by atoms with E-state index >= 15 is 0 Å². The van der Waals surface area contributed by atoms with Crippen molar-refractivity contribution in [3.63, 3.8) is 0 Å². The summed E-state index contributed by atoms with van der Waals surface area (Å²) in [6.07, 6.45) is 3.45. The van der Waals surface area contributed by atoms with Crippen LogP contribution in [-0.4, -0.2) is 40.0 Å². The van der Waals surface area contributed by atoms with Gasteiger partial charge in [0, 0.05) is 48.0 Å². The second-order valence-corrected chi connectivity index (χ2v) is 7.01. The molecular weight excluding hydrogens is 366 g/mol. The van der Waals surface area contributed by atoms with E-state index in [2.05, 4.69) is 25.9 Å². The number of carbonyl (C=O) groups is 1. The molecule has 0 N–H and O–H groups in total. The van der Waals surface area contributed by atoms with Crippen LogP contribution in [0.1, 0.15) is 28.3 Å². The number of likely N-dealkylation sites (tertiary alicyclic amines) is 1. The summed E-state index contributed by atoms with van der Waals surface area (Å²) in [5.41, 5.74) is 0. The van der Waals surface area contributed by atoms with Crippen molar-refractivity contribution in [1.82, 2.24) is 14.9 Å². The maximum absolute atomic E-state index is 12.4. The Morgan fingerprint density at radius 2 is 2.23 bits per heavy atom. The van der Waals surface area contributed by atoms with Gasteiger partial charge in [-0.1, -0.05) is 0 Å². The van der Waals surface area contributed by atoms with E-state index in [9.17, 15) is 4.79 Å². The standard InChI is InChI=1S/C15H16BrN3O2S/c1-10-17-5-2-14(18-10)21-12-3-6-19(7-4-12)15(20)13-8-11(16)9-22-13/h2,5,8-9,12H,3-4,6-7H2,1H3. The summed E-state index contributed by atoms with van der Waals surface area (Å²) in [5.74, 6) is 1.42. The molecule has 1 fully saturated rings. The van der Waals surface area contributed by atoms with Crippen LogP contribution in [0.4, 0.5) is 0 Å². The lowest BCUT2D eigenvalue weighted by Gasteiger charge is -2.31. The second-order valence-electron chi connectivity index (χ2n) is 5.18. The monoisotopic (exact) mass is 381 g/mol. The third-order valence-electron chi connectivity index (χ3n) is 3.55. The zero-order valence-electron chi connectivity index (χ0n) is 12.2. The van der Waals surface area contributed by atoms with E-state index in [4.69, 9.17) is 4.74 Å². The minimum Gasteiger partial charge on any atom is -0.474 e. The van der Waals surface area contributed by atoms with E-state index in [0.717, 1.165) is 22.2 Å². The number of nitrogens with zero attached hydrogens (tertiary/aromatic N) is 3. The largest absolute Gasteiger partial charge is 0.474 e. The fourth-order valence-corrected chi connectivity index (χ4v) is 3.82. The van der Waals surface area contributed by atoms with E-state index in [-0.39, 0.29) is 12.0 Å². The Balaban J connectivity index is 1.55. The van der Waals surface area contributed by atoms with E-state index < -0.39 is 0 Å². The molecule has 0 bridgehead atoms. The summed E-state index contributed by atoms with van der Waals surface area (Å²) < 4.78 is 6.84. The molecule has 0 atom stereocenters. The number of halogens is 1. The highest BCUT2D eigenvalue weighted by Gasteiger charge is 2.25. The van der Waals surface area contributed by atoms with Gasteiger partial charge in [-0.25, -0.2) is 4.98 Å². The summed E-state index contributed by atoms with van der Waals surface area (Å²) in [5, 5.41) is 1.93. The second kappa shape index (κ2) is 6.75. The van der Waals surface area contributed by atoms with Crippen molar-refractivity contribution in [2.45, 2.75) is 25.9 Å². The molecule has 1 aliphatic heterocycles. The summed E-state index contributed by atoms with van der Waals surface area (Å²) in [7, 11) is 0. The normalized spacial score (nSPS) is 15.8. The lowest BCUT2D eigenvalue weighted by molar-refractivity contribution is 0.0592. The van der Waals surface area contributed by atoms with Crippen molar-refractivity contribution in [2.75, 3.05) is 13.1 Å². The van der Waals surface area contributed by atoms with Gasteiger partial charge in [-0.2, -0.15) is 4.98 Å². The zero-order valence-corrected chi connectivity index (χ0v) is 14.6. The number of carbonyl (C=O) groups excluding carboxylic acids is 1. The van der Waals surface area contributed by atoms with E-state index in [1.54, 1.807) is 12.3 Å². The molecule has 1 saturated heterocycles. The number of hydrogen-bond acceptors (Lipinski definition) is 5. The van der Waals surface area contributed by atoms with E-state index in [1.807, 2.05) is 23.3 Å². The van der Waals surface area contributed by atoms with Crippen molar-refractivity contribution in [2.24, 2.45) is 0 Å². The number of thiophene rings is 1. The van der Waals surface area contributed by atoms with Gasteiger partial charge in [0.25, 0.3) is 5.91 Å². The molecule has 0 radical (unpaired) electrons. The molecule has 3 heterocycles. The number of hydrogen-bond donors (Lipinski definition) is 0. The van der Waals surface area contributed by atoms with Crippen molar-refractivity contribution in [3.05, 3.63) is 38.9 Å². The number of rotatable bonds is 3. The highest BCUT2D eigenvalue weighted by atomic mass is 79.9. The summed E-state index contributed by atoms with van der Waals surface area (Å²) >= 11 is 4.85. The van der Waals surface area contributed by atoms with Gasteiger partial charge in [-0.3, -0.25) is 4.79 Å². The maximum Gasteiger partial charge on any atom is 0.263 e. The molecule has 0 spiro atoms. The fraction of sp³-hybridized carbons (Fsp3) is 0.400. The summed E-state index contributed by atoms with van der Waals surface area (Å²) in [4.78, 5) is 23.4. The molecule has 0 aliphatic carbocycles. The fourth-order valence-electron chi connectivity index (χ4n) is 2.43. The maximum atomic E-state index is 12.4. The SMILES string of the molecule is Cc1nccc(OC2CCN(C(=O)c3cc(Br)cs3)CC2)n1. The molecule has 116 valence electrons. The molecule has 2 aromatic heterocycles. The highest BCUT2D eigenvalue weighted by Crippen LogP contribution is 2.23. The first kappa shape index (κ1) is 15.4. The number of piperidine rings is 1. The Bertz CT molecular complexity index is 668. The average Bonchev–Trinajstić information content (AvgIpc) is 2.94. The number of amides is 1.